The molecule has 4 aromatic rings. The Hall–Kier alpha value is -4.52. The van der Waals surface area contributed by atoms with Gasteiger partial charge in [-0.15, -0.1) is 0 Å². The number of hydrogen-bond acceptors (Lipinski definition) is 6. The first-order valence-corrected chi connectivity index (χ1v) is 16.7. The molecule has 0 aliphatic rings. The molecule has 244 valence electrons. The molecule has 0 bridgehead atoms. The second-order valence-corrected chi connectivity index (χ2v) is 11.6. The Morgan fingerprint density at radius 1 is 0.717 bits per heavy atom. The van der Waals surface area contributed by atoms with E-state index < -0.39 is 11.9 Å². The summed E-state index contributed by atoms with van der Waals surface area (Å²) >= 11 is 0. The number of aromatic hydroxyl groups is 1. The minimum atomic E-state index is -0.576. The Labute approximate surface area is 272 Å². The lowest BCUT2D eigenvalue weighted by Gasteiger charge is -2.15. The molecule has 1 amide bonds. The van der Waals surface area contributed by atoms with Crippen LogP contribution in [0.15, 0.2) is 78.9 Å². The van der Waals surface area contributed by atoms with Crippen LogP contribution in [0.1, 0.15) is 86.7 Å². The van der Waals surface area contributed by atoms with Gasteiger partial charge in [-0.1, -0.05) is 94.1 Å². The van der Waals surface area contributed by atoms with Crippen LogP contribution in [-0.2, 0) is 17.6 Å². The molecule has 0 spiro atoms. The normalized spacial score (nSPS) is 10.9. The molecular formula is C39H47NO6. The Morgan fingerprint density at radius 2 is 1.43 bits per heavy atom. The first kappa shape index (κ1) is 34.4. The van der Waals surface area contributed by atoms with Gasteiger partial charge in [0.15, 0.2) is 6.61 Å². The molecule has 7 nitrogen and oxygen atoms in total. The molecule has 0 atom stereocenters. The third-order valence-electron chi connectivity index (χ3n) is 7.90. The van der Waals surface area contributed by atoms with Crippen molar-refractivity contribution < 1.29 is 28.9 Å². The van der Waals surface area contributed by atoms with Crippen LogP contribution in [0.25, 0.3) is 10.8 Å². The Kier molecular flexibility index (Phi) is 13.8. The molecule has 0 fully saturated rings. The average Bonchev–Trinajstić information content (AvgIpc) is 3.07. The summed E-state index contributed by atoms with van der Waals surface area (Å²) in [6, 6.07) is 23.9. The molecule has 0 heterocycles. The van der Waals surface area contributed by atoms with Crippen LogP contribution in [-0.4, -0.2) is 36.7 Å². The number of rotatable bonds is 19. The van der Waals surface area contributed by atoms with Crippen LogP contribution < -0.4 is 19.5 Å². The standard InChI is InChI=1S/C39H47NO6/c1-3-5-8-16-29-22-23-35(30(26-29)17-9-6-4-2)44-25-15-14-24-40-39(43)34-27-36(32-20-12-13-21-33(32)38(34)42)45-28-37(41)46-31-18-10-7-11-19-31/h7,10-13,18-23,26-27,42H,3-6,8-9,14-17,24-25,28H2,1-2H3,(H,40,43). The molecule has 0 radical (unpaired) electrons. The van der Waals surface area contributed by atoms with Crippen molar-refractivity contribution in [2.75, 3.05) is 19.8 Å². The molecule has 2 N–H and O–H groups in total. The fourth-order valence-electron chi connectivity index (χ4n) is 5.38. The number of para-hydroxylation sites is 1. The molecule has 7 heteroatoms. The van der Waals surface area contributed by atoms with Crippen LogP contribution in [0, 0.1) is 0 Å². The highest BCUT2D eigenvalue weighted by Crippen LogP contribution is 2.36. The van der Waals surface area contributed by atoms with Crippen molar-refractivity contribution in [3.8, 4) is 23.0 Å². The van der Waals surface area contributed by atoms with Crippen LogP contribution in [0.3, 0.4) is 0 Å². The number of carbonyl (C=O) groups is 2. The molecule has 0 unspecified atom stereocenters. The summed E-state index contributed by atoms with van der Waals surface area (Å²) in [4.78, 5) is 25.5. The van der Waals surface area contributed by atoms with E-state index in [2.05, 4.69) is 37.4 Å². The van der Waals surface area contributed by atoms with Crippen LogP contribution >= 0.6 is 0 Å². The molecule has 0 aliphatic carbocycles. The molecular weight excluding hydrogens is 578 g/mol. The van der Waals surface area contributed by atoms with Gasteiger partial charge in [-0.2, -0.15) is 0 Å². The number of ether oxygens (including phenoxy) is 3. The van der Waals surface area contributed by atoms with Crippen LogP contribution in [0.2, 0.25) is 0 Å². The fraction of sp³-hybridized carbons (Fsp3) is 0.385. The number of phenolic OH excluding ortho intramolecular Hbond substituents is 1. The molecule has 46 heavy (non-hydrogen) atoms. The van der Waals surface area contributed by atoms with Gasteiger partial charge in [0.25, 0.3) is 5.91 Å². The van der Waals surface area contributed by atoms with Gasteiger partial charge in [0.1, 0.15) is 23.0 Å². The quantitative estimate of drug-likeness (QED) is 0.0616. The van der Waals surface area contributed by atoms with Gasteiger partial charge in [0.2, 0.25) is 0 Å². The van der Waals surface area contributed by atoms with Crippen LogP contribution in [0.4, 0.5) is 0 Å². The third kappa shape index (κ3) is 10.3. The zero-order chi connectivity index (χ0) is 32.6. The van der Waals surface area contributed by atoms with E-state index in [0.29, 0.717) is 35.4 Å². The van der Waals surface area contributed by atoms with E-state index in [0.717, 1.165) is 37.9 Å². The SMILES string of the molecule is CCCCCc1ccc(OCCCCNC(=O)c2cc(OCC(=O)Oc3ccccc3)c3ccccc3c2O)c(CCCCC)c1. The maximum Gasteiger partial charge on any atom is 0.349 e. The summed E-state index contributed by atoms with van der Waals surface area (Å²) in [7, 11) is 0. The maximum atomic E-state index is 13.1. The summed E-state index contributed by atoms with van der Waals surface area (Å²) in [5.41, 5.74) is 2.75. The lowest BCUT2D eigenvalue weighted by molar-refractivity contribution is -0.136. The van der Waals surface area contributed by atoms with E-state index in [1.54, 1.807) is 48.5 Å². The number of nitrogens with one attached hydrogen (secondary N) is 1. The molecule has 0 saturated carbocycles. The number of aryl methyl sites for hydroxylation is 2. The maximum absolute atomic E-state index is 13.1. The van der Waals surface area contributed by atoms with E-state index >= 15 is 0 Å². The number of esters is 1. The van der Waals surface area contributed by atoms with Gasteiger partial charge in [0.05, 0.1) is 12.2 Å². The van der Waals surface area contributed by atoms with Crippen LogP contribution in [0.5, 0.6) is 23.0 Å². The number of fused-ring (bicyclic) bond motifs is 1. The van der Waals surface area contributed by atoms with E-state index in [1.807, 2.05) is 6.07 Å². The Bertz CT molecular complexity index is 1550. The van der Waals surface area contributed by atoms with E-state index in [1.165, 1.54) is 49.3 Å². The van der Waals surface area contributed by atoms with Crippen molar-refractivity contribution in [2.45, 2.75) is 78.1 Å². The topological polar surface area (TPSA) is 94.1 Å². The summed E-state index contributed by atoms with van der Waals surface area (Å²) in [6.45, 7) is 5.08. The lowest BCUT2D eigenvalue weighted by Crippen LogP contribution is -2.25. The monoisotopic (exact) mass is 625 g/mol. The number of hydrogen-bond donors (Lipinski definition) is 2. The number of phenols is 1. The van der Waals surface area contributed by atoms with Gasteiger partial charge in [0, 0.05) is 17.3 Å². The summed E-state index contributed by atoms with van der Waals surface area (Å²) < 4.78 is 17.3. The van der Waals surface area contributed by atoms with Crippen molar-refractivity contribution >= 4 is 22.6 Å². The van der Waals surface area contributed by atoms with Crippen molar-refractivity contribution in [2.24, 2.45) is 0 Å². The van der Waals surface area contributed by atoms with E-state index in [4.69, 9.17) is 14.2 Å². The number of carbonyl (C=O) groups excluding carboxylic acids is 2. The zero-order valence-corrected chi connectivity index (χ0v) is 27.2. The van der Waals surface area contributed by atoms with E-state index in [-0.39, 0.29) is 17.9 Å². The van der Waals surface area contributed by atoms with Gasteiger partial charge in [-0.3, -0.25) is 4.79 Å². The van der Waals surface area contributed by atoms with Crippen molar-refractivity contribution in [1.82, 2.24) is 5.32 Å². The van der Waals surface area contributed by atoms with Crippen molar-refractivity contribution in [1.29, 1.82) is 0 Å². The number of benzene rings is 4. The zero-order valence-electron chi connectivity index (χ0n) is 27.2. The Balaban J connectivity index is 1.30. The highest BCUT2D eigenvalue weighted by molar-refractivity contribution is 6.05. The molecule has 0 saturated heterocycles. The molecule has 4 aromatic carbocycles. The van der Waals surface area contributed by atoms with Gasteiger partial charge in [-0.05, 0) is 73.9 Å². The highest BCUT2D eigenvalue weighted by atomic mass is 16.6. The third-order valence-corrected chi connectivity index (χ3v) is 7.90. The second kappa shape index (κ2) is 18.4. The average molecular weight is 626 g/mol. The second-order valence-electron chi connectivity index (χ2n) is 11.6. The number of amides is 1. The van der Waals surface area contributed by atoms with Gasteiger partial charge >= 0.3 is 5.97 Å². The largest absolute Gasteiger partial charge is 0.506 e. The summed E-state index contributed by atoms with van der Waals surface area (Å²) in [5, 5.41) is 14.9. The Morgan fingerprint density at radius 3 is 2.20 bits per heavy atom. The van der Waals surface area contributed by atoms with Crippen molar-refractivity contribution in [3.63, 3.8) is 0 Å². The molecule has 0 aliphatic heterocycles. The van der Waals surface area contributed by atoms with E-state index in [9.17, 15) is 14.7 Å². The predicted molar refractivity (Wildman–Crippen MR) is 183 cm³/mol. The lowest BCUT2D eigenvalue weighted by atomic mass is 10.00. The number of unbranched alkanes of at least 4 members (excludes halogenated alkanes) is 5. The molecule has 4 rings (SSSR count). The predicted octanol–water partition coefficient (Wildman–Crippen LogP) is 8.58. The minimum absolute atomic E-state index is 0.0807. The summed E-state index contributed by atoms with van der Waals surface area (Å²) in [6.07, 6.45) is 10.9. The first-order valence-electron chi connectivity index (χ1n) is 16.7. The fourth-order valence-corrected chi connectivity index (χ4v) is 5.38. The first-order chi connectivity index (χ1) is 22.5. The van der Waals surface area contributed by atoms with Gasteiger partial charge < -0.3 is 24.6 Å². The van der Waals surface area contributed by atoms with Gasteiger partial charge in [-0.25, -0.2) is 4.79 Å². The minimum Gasteiger partial charge on any atom is -0.506 e. The summed E-state index contributed by atoms with van der Waals surface area (Å²) in [5.74, 6) is 0.554. The molecule has 0 aromatic heterocycles. The smallest absolute Gasteiger partial charge is 0.349 e. The van der Waals surface area contributed by atoms with Crippen molar-refractivity contribution in [3.05, 3.63) is 95.6 Å². The highest BCUT2D eigenvalue weighted by Gasteiger charge is 2.19.